The fourth-order valence-corrected chi connectivity index (χ4v) is 2.07. The standard InChI is InChI=1S/C17H25N/c1-7-9-16(8-2)12-14(4)18(6)15(5)17-10-13(3)11-17/h7,9-12,15H,1,8H2,2-6H3/b14-12-,16-9-. The van der Waals surface area contributed by atoms with Crippen LogP contribution in [0.1, 0.15) is 34.1 Å². The minimum absolute atomic E-state index is 0.437. The van der Waals surface area contributed by atoms with Gasteiger partial charge in [0.2, 0.25) is 0 Å². The summed E-state index contributed by atoms with van der Waals surface area (Å²) >= 11 is 0. The van der Waals surface area contributed by atoms with E-state index in [1.54, 1.807) is 0 Å². The molecule has 1 atom stereocenters. The van der Waals surface area contributed by atoms with Crippen LogP contribution in [0.15, 0.2) is 59.4 Å². The van der Waals surface area contributed by atoms with Gasteiger partial charge in [0.15, 0.2) is 0 Å². The fraction of sp³-hybridized carbons (Fsp3) is 0.412. The van der Waals surface area contributed by atoms with Gasteiger partial charge in [0, 0.05) is 12.7 Å². The molecule has 0 bridgehead atoms. The highest BCUT2D eigenvalue weighted by molar-refractivity contribution is 5.45. The summed E-state index contributed by atoms with van der Waals surface area (Å²) in [6.07, 6.45) is 11.7. The highest BCUT2D eigenvalue weighted by Gasteiger charge is 2.16. The molecule has 0 aliphatic heterocycles. The molecule has 1 unspecified atom stereocenters. The highest BCUT2D eigenvalue weighted by atomic mass is 15.1. The minimum Gasteiger partial charge on any atom is -0.371 e. The molecule has 1 heteroatoms. The molecular weight excluding hydrogens is 218 g/mol. The Morgan fingerprint density at radius 2 is 2.06 bits per heavy atom. The minimum atomic E-state index is 0.437. The molecule has 1 aliphatic carbocycles. The summed E-state index contributed by atoms with van der Waals surface area (Å²) in [5.41, 5.74) is 5.38. The molecule has 0 radical (unpaired) electrons. The van der Waals surface area contributed by atoms with Crippen LogP contribution in [0.4, 0.5) is 0 Å². The van der Waals surface area contributed by atoms with E-state index in [0.29, 0.717) is 6.04 Å². The van der Waals surface area contributed by atoms with Crippen molar-refractivity contribution < 1.29 is 0 Å². The van der Waals surface area contributed by atoms with Gasteiger partial charge in [-0.25, -0.2) is 0 Å². The number of rotatable bonds is 6. The van der Waals surface area contributed by atoms with Crippen LogP contribution >= 0.6 is 0 Å². The van der Waals surface area contributed by atoms with E-state index in [9.17, 15) is 0 Å². The number of nitrogens with zero attached hydrogens (tertiary/aromatic N) is 1. The van der Waals surface area contributed by atoms with Crippen LogP contribution < -0.4 is 0 Å². The molecule has 0 N–H and O–H groups in total. The van der Waals surface area contributed by atoms with Gasteiger partial charge < -0.3 is 4.90 Å². The first-order valence-electron chi connectivity index (χ1n) is 6.62. The molecule has 0 aromatic rings. The molecule has 18 heavy (non-hydrogen) atoms. The normalized spacial score (nSPS) is 17.6. The maximum absolute atomic E-state index is 3.76. The highest BCUT2D eigenvalue weighted by Crippen LogP contribution is 2.25. The van der Waals surface area contributed by atoms with E-state index in [-0.39, 0.29) is 0 Å². The smallest absolute Gasteiger partial charge is 0.0508 e. The summed E-state index contributed by atoms with van der Waals surface area (Å²) in [5.74, 6) is 0. The van der Waals surface area contributed by atoms with Crippen LogP contribution in [0.5, 0.6) is 0 Å². The maximum atomic E-state index is 3.76. The van der Waals surface area contributed by atoms with Crippen molar-refractivity contribution >= 4 is 0 Å². The summed E-state index contributed by atoms with van der Waals surface area (Å²) in [6.45, 7) is 12.5. The van der Waals surface area contributed by atoms with Crippen LogP contribution in [0.3, 0.4) is 0 Å². The van der Waals surface area contributed by atoms with Gasteiger partial charge in [-0.1, -0.05) is 43.4 Å². The summed E-state index contributed by atoms with van der Waals surface area (Å²) in [4.78, 5) is 2.32. The van der Waals surface area contributed by atoms with Gasteiger partial charge in [0.05, 0.1) is 6.04 Å². The van der Waals surface area contributed by atoms with Crippen molar-refractivity contribution in [3.63, 3.8) is 0 Å². The van der Waals surface area contributed by atoms with Crippen LogP contribution in [0, 0.1) is 0 Å². The van der Waals surface area contributed by atoms with Gasteiger partial charge in [-0.15, -0.1) is 0 Å². The monoisotopic (exact) mass is 243 g/mol. The Morgan fingerprint density at radius 1 is 1.44 bits per heavy atom. The second kappa shape index (κ2) is 6.44. The van der Waals surface area contributed by atoms with Crippen LogP contribution in [-0.4, -0.2) is 18.0 Å². The van der Waals surface area contributed by atoms with Crippen LogP contribution in [0.25, 0.3) is 0 Å². The molecule has 0 heterocycles. The van der Waals surface area contributed by atoms with E-state index in [0.717, 1.165) is 6.42 Å². The van der Waals surface area contributed by atoms with Crippen molar-refractivity contribution in [1.82, 2.24) is 4.90 Å². The Bertz CT molecular complexity index is 433. The van der Waals surface area contributed by atoms with Crippen molar-refractivity contribution in [3.8, 4) is 0 Å². The molecule has 0 aromatic carbocycles. The van der Waals surface area contributed by atoms with Gasteiger partial charge in [0.25, 0.3) is 0 Å². The number of likely N-dealkylation sites (N-methyl/N-ethyl adjacent to an activating group) is 1. The predicted octanol–water partition coefficient (Wildman–Crippen LogP) is 4.62. The fourth-order valence-electron chi connectivity index (χ4n) is 2.07. The summed E-state index contributed by atoms with van der Waals surface area (Å²) in [6, 6.07) is 0.437. The zero-order chi connectivity index (χ0) is 13.7. The first kappa shape index (κ1) is 14.6. The Hall–Kier alpha value is -1.50. The van der Waals surface area contributed by atoms with Gasteiger partial charge in [-0.2, -0.15) is 0 Å². The van der Waals surface area contributed by atoms with Gasteiger partial charge in [-0.05, 0) is 44.4 Å². The average Bonchev–Trinajstić information content (AvgIpc) is 2.32. The molecule has 0 saturated heterocycles. The molecule has 0 saturated carbocycles. The average molecular weight is 243 g/mol. The molecule has 1 rings (SSSR count). The molecule has 0 spiro atoms. The first-order valence-corrected chi connectivity index (χ1v) is 6.62. The zero-order valence-corrected chi connectivity index (χ0v) is 12.3. The maximum Gasteiger partial charge on any atom is 0.0508 e. The Labute approximate surface area is 112 Å². The summed E-state index contributed by atoms with van der Waals surface area (Å²) in [5, 5.41) is 0. The van der Waals surface area contributed by atoms with E-state index in [1.165, 1.54) is 22.4 Å². The van der Waals surface area contributed by atoms with E-state index in [2.05, 4.69) is 70.5 Å². The van der Waals surface area contributed by atoms with Crippen molar-refractivity contribution in [2.75, 3.05) is 7.05 Å². The van der Waals surface area contributed by atoms with E-state index >= 15 is 0 Å². The molecule has 98 valence electrons. The SMILES string of the molecule is C=C/C=C(\C=C(\C)N(C)C(C)C1=CC(C)=C1)CC. The third-order valence-corrected chi connectivity index (χ3v) is 3.54. The lowest BCUT2D eigenvalue weighted by Crippen LogP contribution is -2.30. The lowest BCUT2D eigenvalue weighted by molar-refractivity contribution is 0.362. The van der Waals surface area contributed by atoms with E-state index in [1.807, 2.05) is 6.08 Å². The van der Waals surface area contributed by atoms with Crippen LogP contribution in [0.2, 0.25) is 0 Å². The number of hydrogen-bond acceptors (Lipinski definition) is 1. The molecule has 0 fully saturated rings. The Balaban J connectivity index is 2.74. The predicted molar refractivity (Wildman–Crippen MR) is 81.4 cm³/mol. The molecule has 1 nitrogen and oxygen atoms in total. The molecule has 1 aliphatic rings. The molecule has 0 amide bonds. The summed E-state index contributed by atoms with van der Waals surface area (Å²) < 4.78 is 0. The lowest BCUT2D eigenvalue weighted by Gasteiger charge is -2.31. The summed E-state index contributed by atoms with van der Waals surface area (Å²) in [7, 11) is 2.15. The second-order valence-electron chi connectivity index (χ2n) is 4.94. The van der Waals surface area contributed by atoms with E-state index in [4.69, 9.17) is 0 Å². The largest absolute Gasteiger partial charge is 0.371 e. The third kappa shape index (κ3) is 3.49. The Morgan fingerprint density at radius 3 is 2.50 bits per heavy atom. The third-order valence-electron chi connectivity index (χ3n) is 3.54. The van der Waals surface area contributed by atoms with Crippen molar-refractivity contribution in [1.29, 1.82) is 0 Å². The van der Waals surface area contributed by atoms with Crippen molar-refractivity contribution in [2.24, 2.45) is 0 Å². The number of allylic oxidation sites excluding steroid dienone is 7. The molecular formula is C17H25N. The number of hydrogen-bond donors (Lipinski definition) is 0. The Kier molecular flexibility index (Phi) is 5.21. The topological polar surface area (TPSA) is 3.24 Å². The van der Waals surface area contributed by atoms with Crippen LogP contribution in [-0.2, 0) is 0 Å². The van der Waals surface area contributed by atoms with Gasteiger partial charge in [-0.3, -0.25) is 0 Å². The zero-order valence-electron chi connectivity index (χ0n) is 12.3. The lowest BCUT2D eigenvalue weighted by atomic mass is 9.94. The van der Waals surface area contributed by atoms with Gasteiger partial charge >= 0.3 is 0 Å². The van der Waals surface area contributed by atoms with Crippen molar-refractivity contribution in [3.05, 3.63) is 59.4 Å². The van der Waals surface area contributed by atoms with Crippen molar-refractivity contribution in [2.45, 2.75) is 40.2 Å². The quantitative estimate of drug-likeness (QED) is 0.615. The first-order chi connectivity index (χ1) is 8.49. The van der Waals surface area contributed by atoms with E-state index < -0.39 is 0 Å². The second-order valence-corrected chi connectivity index (χ2v) is 4.94. The molecule has 0 aromatic heterocycles. The van der Waals surface area contributed by atoms with Gasteiger partial charge in [0.1, 0.15) is 0 Å².